The first kappa shape index (κ1) is 12.6. The summed E-state index contributed by atoms with van der Waals surface area (Å²) < 4.78 is 6.36. The Morgan fingerprint density at radius 2 is 2.33 bits per heavy atom. The predicted molar refractivity (Wildman–Crippen MR) is 70.4 cm³/mol. The van der Waals surface area contributed by atoms with Crippen LogP contribution in [0.1, 0.15) is 11.8 Å². The van der Waals surface area contributed by atoms with Crippen molar-refractivity contribution in [3.05, 3.63) is 33.6 Å². The Hall–Kier alpha value is -1.89. The Labute approximate surface area is 108 Å². The second kappa shape index (κ2) is 5.63. The molecule has 7 heteroatoms. The van der Waals surface area contributed by atoms with Gasteiger partial charge in [-0.25, -0.2) is 9.67 Å². The van der Waals surface area contributed by atoms with Gasteiger partial charge in [-0.05, 0) is 6.92 Å². The van der Waals surface area contributed by atoms with Gasteiger partial charge in [-0.1, -0.05) is 0 Å². The fourth-order valence-electron chi connectivity index (χ4n) is 1.41. The van der Waals surface area contributed by atoms with E-state index in [2.05, 4.69) is 15.4 Å². The standard InChI is InChI=1S/C11H14N4O2S/c1-3-12-11-13-6-8(18-11)7-15-10(16)5-4-9(14-15)17-2/h4-6H,3,7H2,1-2H3,(H,12,13). The molecule has 0 saturated carbocycles. The van der Waals surface area contributed by atoms with Crippen LogP contribution in [0.15, 0.2) is 23.1 Å². The highest BCUT2D eigenvalue weighted by molar-refractivity contribution is 7.15. The highest BCUT2D eigenvalue weighted by Crippen LogP contribution is 2.18. The number of ether oxygens (including phenoxy) is 1. The summed E-state index contributed by atoms with van der Waals surface area (Å²) >= 11 is 1.51. The van der Waals surface area contributed by atoms with Gasteiger partial charge < -0.3 is 10.1 Å². The molecule has 6 nitrogen and oxygen atoms in total. The Morgan fingerprint density at radius 3 is 3.06 bits per heavy atom. The molecule has 0 spiro atoms. The number of rotatable bonds is 5. The van der Waals surface area contributed by atoms with Gasteiger partial charge in [0.25, 0.3) is 5.56 Å². The monoisotopic (exact) mass is 266 g/mol. The number of nitrogens with zero attached hydrogens (tertiary/aromatic N) is 3. The van der Waals surface area contributed by atoms with Crippen molar-refractivity contribution in [3.63, 3.8) is 0 Å². The maximum atomic E-state index is 11.6. The van der Waals surface area contributed by atoms with E-state index in [0.29, 0.717) is 12.4 Å². The van der Waals surface area contributed by atoms with Crippen LogP contribution in [0.4, 0.5) is 5.13 Å². The highest BCUT2D eigenvalue weighted by Gasteiger charge is 2.05. The quantitative estimate of drug-likeness (QED) is 0.880. The molecule has 0 bridgehead atoms. The molecule has 0 radical (unpaired) electrons. The van der Waals surface area contributed by atoms with Crippen LogP contribution >= 0.6 is 11.3 Å². The van der Waals surface area contributed by atoms with E-state index in [1.54, 1.807) is 12.3 Å². The number of hydrogen-bond donors (Lipinski definition) is 1. The fourth-order valence-corrected chi connectivity index (χ4v) is 2.28. The van der Waals surface area contributed by atoms with Crippen molar-refractivity contribution in [2.45, 2.75) is 13.5 Å². The van der Waals surface area contributed by atoms with Crippen LogP contribution in [0.3, 0.4) is 0 Å². The third-order valence-corrected chi connectivity index (χ3v) is 3.18. The van der Waals surface area contributed by atoms with Gasteiger partial charge in [0.1, 0.15) is 0 Å². The number of nitrogens with one attached hydrogen (secondary N) is 1. The smallest absolute Gasteiger partial charge is 0.267 e. The molecule has 2 aromatic rings. The molecule has 0 aliphatic carbocycles. The van der Waals surface area contributed by atoms with Crippen molar-refractivity contribution in [1.29, 1.82) is 0 Å². The van der Waals surface area contributed by atoms with Gasteiger partial charge in [0.05, 0.1) is 13.7 Å². The number of thiazole rings is 1. The molecule has 18 heavy (non-hydrogen) atoms. The molecule has 1 N–H and O–H groups in total. The zero-order valence-corrected chi connectivity index (χ0v) is 11.0. The maximum Gasteiger partial charge on any atom is 0.267 e. The third kappa shape index (κ3) is 2.86. The van der Waals surface area contributed by atoms with Crippen LogP contribution in [0.5, 0.6) is 5.88 Å². The molecule has 2 aromatic heterocycles. The summed E-state index contributed by atoms with van der Waals surface area (Å²) in [5.74, 6) is 0.422. The predicted octanol–water partition coefficient (Wildman–Crippen LogP) is 1.19. The van der Waals surface area contributed by atoms with E-state index in [-0.39, 0.29) is 5.56 Å². The van der Waals surface area contributed by atoms with E-state index < -0.39 is 0 Å². The van der Waals surface area contributed by atoms with E-state index in [0.717, 1.165) is 16.6 Å². The van der Waals surface area contributed by atoms with Crippen molar-refractivity contribution in [3.8, 4) is 5.88 Å². The van der Waals surface area contributed by atoms with E-state index >= 15 is 0 Å². The highest BCUT2D eigenvalue weighted by atomic mass is 32.1. The van der Waals surface area contributed by atoms with Crippen LogP contribution in [0, 0.1) is 0 Å². The molecule has 0 atom stereocenters. The molecule has 2 heterocycles. The van der Waals surface area contributed by atoms with Gasteiger partial charge in [0, 0.05) is 29.8 Å². The molecule has 0 aromatic carbocycles. The fraction of sp³-hybridized carbons (Fsp3) is 0.364. The zero-order valence-electron chi connectivity index (χ0n) is 10.2. The van der Waals surface area contributed by atoms with Crippen LogP contribution in [0.25, 0.3) is 0 Å². The number of hydrogen-bond acceptors (Lipinski definition) is 6. The van der Waals surface area contributed by atoms with Crippen molar-refractivity contribution in [2.75, 3.05) is 19.0 Å². The molecular weight excluding hydrogens is 252 g/mol. The van der Waals surface area contributed by atoms with E-state index in [1.807, 2.05) is 6.92 Å². The molecule has 2 rings (SSSR count). The summed E-state index contributed by atoms with van der Waals surface area (Å²) in [6.45, 7) is 3.23. The van der Waals surface area contributed by atoms with Crippen molar-refractivity contribution in [2.24, 2.45) is 0 Å². The summed E-state index contributed by atoms with van der Waals surface area (Å²) in [4.78, 5) is 16.8. The lowest BCUT2D eigenvalue weighted by molar-refractivity contribution is 0.379. The summed E-state index contributed by atoms with van der Waals surface area (Å²) in [5.41, 5.74) is -0.158. The minimum absolute atomic E-state index is 0.158. The SMILES string of the molecule is CCNc1ncc(Cn2nc(OC)ccc2=O)s1. The van der Waals surface area contributed by atoms with Crippen LogP contribution in [-0.4, -0.2) is 28.4 Å². The van der Waals surface area contributed by atoms with Gasteiger partial charge in [-0.15, -0.1) is 16.4 Å². The largest absolute Gasteiger partial charge is 0.480 e. The first-order chi connectivity index (χ1) is 8.72. The topological polar surface area (TPSA) is 69.0 Å². The summed E-state index contributed by atoms with van der Waals surface area (Å²) in [5, 5.41) is 8.06. The molecule has 0 aliphatic heterocycles. The molecule has 0 unspecified atom stereocenters. The Balaban J connectivity index is 2.19. The summed E-state index contributed by atoms with van der Waals surface area (Å²) in [7, 11) is 1.52. The maximum absolute atomic E-state index is 11.6. The van der Waals surface area contributed by atoms with Crippen LogP contribution in [0.2, 0.25) is 0 Å². The first-order valence-electron chi connectivity index (χ1n) is 5.53. The normalized spacial score (nSPS) is 10.3. The van der Waals surface area contributed by atoms with Gasteiger partial charge in [-0.2, -0.15) is 0 Å². The molecule has 0 fully saturated rings. The lowest BCUT2D eigenvalue weighted by atomic mass is 10.5. The van der Waals surface area contributed by atoms with Gasteiger partial charge in [0.15, 0.2) is 5.13 Å². The summed E-state index contributed by atoms with van der Waals surface area (Å²) in [6.07, 6.45) is 1.75. The molecule has 96 valence electrons. The van der Waals surface area contributed by atoms with Crippen LogP contribution in [-0.2, 0) is 6.54 Å². The van der Waals surface area contributed by atoms with E-state index in [1.165, 1.54) is 29.2 Å². The molecule has 0 aliphatic rings. The number of aromatic nitrogens is 3. The molecule has 0 amide bonds. The number of methoxy groups -OCH3 is 1. The van der Waals surface area contributed by atoms with Gasteiger partial charge in [-0.3, -0.25) is 4.79 Å². The second-order valence-corrected chi connectivity index (χ2v) is 4.65. The lowest BCUT2D eigenvalue weighted by Crippen LogP contribution is -2.22. The number of anilines is 1. The third-order valence-electron chi connectivity index (χ3n) is 2.24. The Bertz CT molecular complexity index is 578. The Kier molecular flexibility index (Phi) is 3.93. The lowest BCUT2D eigenvalue weighted by Gasteiger charge is -2.03. The first-order valence-corrected chi connectivity index (χ1v) is 6.35. The second-order valence-electron chi connectivity index (χ2n) is 3.53. The van der Waals surface area contributed by atoms with E-state index in [9.17, 15) is 4.79 Å². The molecule has 0 saturated heterocycles. The minimum Gasteiger partial charge on any atom is -0.480 e. The van der Waals surface area contributed by atoms with Gasteiger partial charge in [0.2, 0.25) is 5.88 Å². The minimum atomic E-state index is -0.158. The summed E-state index contributed by atoms with van der Waals surface area (Å²) in [6, 6.07) is 2.99. The average molecular weight is 266 g/mol. The van der Waals surface area contributed by atoms with Crippen molar-refractivity contribution < 1.29 is 4.74 Å². The van der Waals surface area contributed by atoms with Crippen LogP contribution < -0.4 is 15.6 Å². The molecular formula is C11H14N4O2S. The van der Waals surface area contributed by atoms with Crippen molar-refractivity contribution >= 4 is 16.5 Å². The van der Waals surface area contributed by atoms with E-state index in [4.69, 9.17) is 4.74 Å². The Morgan fingerprint density at radius 1 is 1.50 bits per heavy atom. The average Bonchev–Trinajstić information content (AvgIpc) is 2.80. The van der Waals surface area contributed by atoms with Crippen molar-refractivity contribution in [1.82, 2.24) is 14.8 Å². The zero-order chi connectivity index (χ0) is 13.0. The van der Waals surface area contributed by atoms with Gasteiger partial charge >= 0.3 is 0 Å².